The summed E-state index contributed by atoms with van der Waals surface area (Å²) in [4.78, 5) is 56.0. The van der Waals surface area contributed by atoms with Gasteiger partial charge in [0.2, 0.25) is 29.0 Å². The number of imide groups is 1. The quantitative estimate of drug-likeness (QED) is 0.347. The van der Waals surface area contributed by atoms with Crippen LogP contribution in [0.3, 0.4) is 0 Å². The lowest BCUT2D eigenvalue weighted by atomic mass is 9.77. The number of rotatable bonds is 2. The highest BCUT2D eigenvalue weighted by Crippen LogP contribution is 2.57. The third-order valence-corrected chi connectivity index (χ3v) is 7.58. The van der Waals surface area contributed by atoms with E-state index in [9.17, 15) is 19.2 Å². The fourth-order valence-electron chi connectivity index (χ4n) is 5.32. The average molecular weight is 537 g/mol. The summed E-state index contributed by atoms with van der Waals surface area (Å²) in [7, 11) is 0. The first kappa shape index (κ1) is 21.4. The van der Waals surface area contributed by atoms with Crippen molar-refractivity contribution < 1.29 is 23.9 Å². The van der Waals surface area contributed by atoms with Crippen molar-refractivity contribution in [3.63, 3.8) is 0 Å². The van der Waals surface area contributed by atoms with E-state index in [1.165, 1.54) is 0 Å². The molecule has 0 radical (unpaired) electrons. The van der Waals surface area contributed by atoms with Crippen molar-refractivity contribution in [1.29, 1.82) is 0 Å². The van der Waals surface area contributed by atoms with E-state index >= 15 is 0 Å². The maximum atomic E-state index is 13.8. The second-order valence-corrected chi connectivity index (χ2v) is 9.87. The zero-order valence-corrected chi connectivity index (χ0v) is 19.7. The Kier molecular flexibility index (Phi) is 4.68. The number of anilines is 1. The Labute approximate surface area is 207 Å². The van der Waals surface area contributed by atoms with Gasteiger partial charge in [0.05, 0.1) is 23.6 Å². The Hall–Kier alpha value is -3.13. The molecule has 0 aromatic heterocycles. The third-order valence-electron chi connectivity index (χ3n) is 6.80. The number of hydrogen-bond donors (Lipinski definition) is 0. The van der Waals surface area contributed by atoms with Gasteiger partial charge >= 0.3 is 0 Å². The molecule has 3 aliphatic rings. The van der Waals surface area contributed by atoms with Crippen LogP contribution >= 0.6 is 27.5 Å². The predicted molar refractivity (Wildman–Crippen MR) is 127 cm³/mol. The van der Waals surface area contributed by atoms with Gasteiger partial charge in [-0.25, -0.2) is 4.90 Å². The Morgan fingerprint density at radius 3 is 1.97 bits per heavy atom. The molecule has 6 nitrogen and oxygen atoms in total. The lowest BCUT2D eigenvalue weighted by Gasteiger charge is -2.27. The Balaban J connectivity index is 1.54. The van der Waals surface area contributed by atoms with E-state index in [1.54, 1.807) is 72.8 Å². The number of halogens is 2. The standard InChI is InChI=1S/C26H15BrClNO5/c27-14-7-11-16(12-8-14)29-24(32)19-20(25(29)33)26(34-21(19)13-5-9-15(28)10-6-13)22(30)17-3-1-2-4-18(17)23(26)31/h1-12,19-21H/t19-,20+,21-/m0/s1. The van der Waals surface area contributed by atoms with Crippen LogP contribution in [0.15, 0.2) is 77.3 Å². The molecule has 2 saturated heterocycles. The van der Waals surface area contributed by atoms with E-state index in [0.29, 0.717) is 16.3 Å². The first-order valence-electron chi connectivity index (χ1n) is 10.6. The first-order valence-corrected chi connectivity index (χ1v) is 11.8. The topological polar surface area (TPSA) is 80.8 Å². The number of fused-ring (bicyclic) bond motifs is 3. The minimum absolute atomic E-state index is 0.199. The number of nitrogens with zero attached hydrogens (tertiary/aromatic N) is 1. The number of ether oxygens (including phenoxy) is 1. The molecule has 34 heavy (non-hydrogen) atoms. The van der Waals surface area contributed by atoms with Gasteiger partial charge in [0, 0.05) is 20.6 Å². The Morgan fingerprint density at radius 1 is 0.794 bits per heavy atom. The van der Waals surface area contributed by atoms with Gasteiger partial charge in [-0.05, 0) is 42.0 Å². The molecule has 0 bridgehead atoms. The monoisotopic (exact) mass is 535 g/mol. The molecule has 2 aliphatic heterocycles. The van der Waals surface area contributed by atoms with Gasteiger partial charge in [-0.2, -0.15) is 0 Å². The molecular weight excluding hydrogens is 522 g/mol. The smallest absolute Gasteiger partial charge is 0.241 e. The van der Waals surface area contributed by atoms with Crippen LogP contribution in [0.2, 0.25) is 5.02 Å². The first-order chi connectivity index (χ1) is 16.3. The lowest BCUT2D eigenvalue weighted by molar-refractivity contribution is -0.127. The normalized spacial score (nSPS) is 24.8. The summed E-state index contributed by atoms with van der Waals surface area (Å²) < 4.78 is 7.02. The van der Waals surface area contributed by atoms with Gasteiger partial charge in [-0.1, -0.05) is 63.9 Å². The zero-order chi connectivity index (χ0) is 23.8. The Bertz CT molecular complexity index is 1370. The van der Waals surface area contributed by atoms with Gasteiger partial charge in [0.15, 0.2) is 0 Å². The molecule has 0 saturated carbocycles. The van der Waals surface area contributed by atoms with Crippen LogP contribution in [-0.2, 0) is 14.3 Å². The number of Topliss-reactive ketones (excluding diaryl/α,β-unsaturated/α-hetero) is 2. The highest BCUT2D eigenvalue weighted by atomic mass is 79.9. The van der Waals surface area contributed by atoms with Crippen molar-refractivity contribution in [3.05, 3.63) is 99.0 Å². The van der Waals surface area contributed by atoms with Crippen LogP contribution in [0.4, 0.5) is 5.69 Å². The van der Waals surface area contributed by atoms with E-state index in [0.717, 1.165) is 9.37 Å². The van der Waals surface area contributed by atoms with Crippen LogP contribution in [0.25, 0.3) is 0 Å². The SMILES string of the molecule is O=C1[C@@H]2[C@H](c3ccc(Cl)cc3)OC3(C(=O)c4ccccc4C3=O)[C@H]2C(=O)N1c1ccc(Br)cc1. The largest absolute Gasteiger partial charge is 0.349 e. The molecular formula is C26H15BrClNO5. The molecule has 0 N–H and O–H groups in total. The number of benzene rings is 3. The van der Waals surface area contributed by atoms with Crippen LogP contribution < -0.4 is 4.90 Å². The van der Waals surface area contributed by atoms with Crippen molar-refractivity contribution in [1.82, 2.24) is 0 Å². The van der Waals surface area contributed by atoms with E-state index < -0.39 is 46.9 Å². The second kappa shape index (κ2) is 7.43. The minimum Gasteiger partial charge on any atom is -0.349 e. The molecule has 2 amide bonds. The number of hydrogen-bond acceptors (Lipinski definition) is 5. The highest BCUT2D eigenvalue weighted by Gasteiger charge is 2.74. The molecule has 1 spiro atoms. The molecule has 3 aromatic rings. The molecule has 1 aliphatic carbocycles. The summed E-state index contributed by atoms with van der Waals surface area (Å²) >= 11 is 9.39. The summed E-state index contributed by atoms with van der Waals surface area (Å²) in [5, 5.41) is 0.485. The van der Waals surface area contributed by atoms with E-state index in [2.05, 4.69) is 15.9 Å². The van der Waals surface area contributed by atoms with Crippen LogP contribution in [0.5, 0.6) is 0 Å². The van der Waals surface area contributed by atoms with Crippen LogP contribution in [0, 0.1) is 11.8 Å². The minimum atomic E-state index is -2.09. The van der Waals surface area contributed by atoms with Crippen molar-refractivity contribution in [2.75, 3.05) is 4.90 Å². The van der Waals surface area contributed by atoms with Crippen LogP contribution in [-0.4, -0.2) is 29.0 Å². The molecule has 2 fully saturated rings. The molecule has 6 rings (SSSR count). The van der Waals surface area contributed by atoms with E-state index in [-0.39, 0.29) is 11.1 Å². The molecule has 3 atom stereocenters. The van der Waals surface area contributed by atoms with Crippen molar-refractivity contribution in [2.24, 2.45) is 11.8 Å². The van der Waals surface area contributed by atoms with Crippen molar-refractivity contribution in [2.45, 2.75) is 11.7 Å². The highest BCUT2D eigenvalue weighted by molar-refractivity contribution is 9.10. The van der Waals surface area contributed by atoms with Gasteiger partial charge in [0.25, 0.3) is 0 Å². The number of carbonyl (C=O) groups excluding carboxylic acids is 4. The third kappa shape index (κ3) is 2.72. The molecule has 8 heteroatoms. The molecule has 3 aromatic carbocycles. The summed E-state index contributed by atoms with van der Waals surface area (Å²) in [6, 6.07) is 19.8. The summed E-state index contributed by atoms with van der Waals surface area (Å²) in [6.45, 7) is 0. The van der Waals surface area contributed by atoms with Crippen molar-refractivity contribution >= 4 is 56.6 Å². The fraction of sp³-hybridized carbons (Fsp3) is 0.154. The molecule has 0 unspecified atom stereocenters. The van der Waals surface area contributed by atoms with E-state index in [4.69, 9.17) is 16.3 Å². The zero-order valence-electron chi connectivity index (χ0n) is 17.4. The number of ketones is 2. The van der Waals surface area contributed by atoms with Crippen LogP contribution in [0.1, 0.15) is 32.4 Å². The second-order valence-electron chi connectivity index (χ2n) is 8.52. The average Bonchev–Trinajstić information content (AvgIpc) is 3.40. The Morgan fingerprint density at radius 2 is 1.38 bits per heavy atom. The fourth-order valence-corrected chi connectivity index (χ4v) is 5.71. The van der Waals surface area contributed by atoms with Gasteiger partial charge in [-0.3, -0.25) is 19.2 Å². The maximum absolute atomic E-state index is 13.8. The van der Waals surface area contributed by atoms with Crippen molar-refractivity contribution in [3.8, 4) is 0 Å². The number of amides is 2. The summed E-state index contributed by atoms with van der Waals surface area (Å²) in [5.41, 5.74) is -0.759. The summed E-state index contributed by atoms with van der Waals surface area (Å²) in [5.74, 6) is -4.62. The predicted octanol–water partition coefficient (Wildman–Crippen LogP) is 4.80. The summed E-state index contributed by atoms with van der Waals surface area (Å²) in [6.07, 6.45) is -0.971. The van der Waals surface area contributed by atoms with Gasteiger partial charge < -0.3 is 4.74 Å². The lowest BCUT2D eigenvalue weighted by Crippen LogP contribution is -2.51. The van der Waals surface area contributed by atoms with E-state index in [1.807, 2.05) is 0 Å². The van der Waals surface area contributed by atoms with Gasteiger partial charge in [-0.15, -0.1) is 0 Å². The maximum Gasteiger partial charge on any atom is 0.241 e. The number of carbonyl (C=O) groups is 4. The van der Waals surface area contributed by atoms with Gasteiger partial charge in [0.1, 0.15) is 0 Å². The molecule has 168 valence electrons. The molecule has 2 heterocycles.